The highest BCUT2D eigenvalue weighted by Gasteiger charge is 2.24. The van der Waals surface area contributed by atoms with Crippen LogP contribution in [0.2, 0.25) is 0 Å². The molecule has 0 aliphatic rings. The highest BCUT2D eigenvalue weighted by atomic mass is 32.2. The Morgan fingerprint density at radius 3 is 2.40 bits per heavy atom. The van der Waals surface area contributed by atoms with Crippen LogP contribution in [0.4, 0.5) is 5.82 Å². The van der Waals surface area contributed by atoms with Crippen molar-refractivity contribution in [3.05, 3.63) is 35.4 Å². The number of carbonyl (C=O) groups is 1. The van der Waals surface area contributed by atoms with Gasteiger partial charge in [-0.05, 0) is 24.6 Å². The minimum atomic E-state index is -0.607. The molecule has 0 spiro atoms. The van der Waals surface area contributed by atoms with Crippen LogP contribution in [0, 0.1) is 22.7 Å². The number of nitrogens with two attached hydrogens (primary N) is 1. The molecule has 0 amide bonds. The topological polar surface area (TPSA) is 133 Å². The van der Waals surface area contributed by atoms with E-state index >= 15 is 0 Å². The van der Waals surface area contributed by atoms with E-state index in [9.17, 15) is 20.4 Å². The number of hydrogen-bond donors (Lipinski definition) is 2. The molecule has 0 bridgehead atoms. The summed E-state index contributed by atoms with van der Waals surface area (Å²) >= 11 is 1.03. The monoisotopic (exact) mass is 354 g/mol. The van der Waals surface area contributed by atoms with Crippen LogP contribution < -0.4 is 5.73 Å². The SMILES string of the molecule is COC(=O)C(C)Sc1nc(N)c(C#N)c(-c2ccc(O)cc2)c1C#N. The van der Waals surface area contributed by atoms with Gasteiger partial charge in [-0.1, -0.05) is 23.9 Å². The average Bonchev–Trinajstić information content (AvgIpc) is 2.61. The fourth-order valence-electron chi connectivity index (χ4n) is 2.18. The number of benzene rings is 1. The van der Waals surface area contributed by atoms with Crippen LogP contribution in [0.25, 0.3) is 11.1 Å². The van der Waals surface area contributed by atoms with Crippen LogP contribution in [0.1, 0.15) is 18.1 Å². The van der Waals surface area contributed by atoms with E-state index in [0.717, 1.165) is 11.8 Å². The first-order valence-corrected chi connectivity index (χ1v) is 7.98. The summed E-state index contributed by atoms with van der Waals surface area (Å²) in [6.45, 7) is 1.62. The second kappa shape index (κ2) is 7.56. The Balaban J connectivity index is 2.69. The molecule has 7 nitrogen and oxygen atoms in total. The number of aromatic nitrogens is 1. The number of methoxy groups -OCH3 is 1. The summed E-state index contributed by atoms with van der Waals surface area (Å²) in [5.41, 5.74) is 6.94. The number of pyridine rings is 1. The summed E-state index contributed by atoms with van der Waals surface area (Å²) in [7, 11) is 1.27. The van der Waals surface area contributed by atoms with Crippen molar-refractivity contribution in [2.45, 2.75) is 17.2 Å². The van der Waals surface area contributed by atoms with Gasteiger partial charge in [0, 0.05) is 5.56 Å². The molecule has 0 radical (unpaired) electrons. The molecule has 0 saturated carbocycles. The van der Waals surface area contributed by atoms with Gasteiger partial charge in [-0.3, -0.25) is 4.79 Å². The van der Waals surface area contributed by atoms with Gasteiger partial charge >= 0.3 is 5.97 Å². The third-order valence-corrected chi connectivity index (χ3v) is 4.46. The summed E-state index contributed by atoms with van der Waals surface area (Å²) in [5, 5.41) is 28.1. The standard InChI is InChI=1S/C17H14N4O3S/c1-9(17(23)24-2)25-16-13(8-19)14(12(7-18)15(20)21-16)10-3-5-11(22)6-4-10/h3-6,9,22H,1-2H3,(H2,20,21). The van der Waals surface area contributed by atoms with E-state index in [1.165, 1.54) is 19.2 Å². The van der Waals surface area contributed by atoms with Gasteiger partial charge in [0.15, 0.2) is 0 Å². The second-order valence-corrected chi connectivity index (χ2v) is 6.31. The largest absolute Gasteiger partial charge is 0.508 e. The second-order valence-electron chi connectivity index (χ2n) is 4.98. The molecule has 0 aliphatic carbocycles. The first-order chi connectivity index (χ1) is 11.9. The molecule has 0 fully saturated rings. The van der Waals surface area contributed by atoms with Crippen molar-refractivity contribution >= 4 is 23.5 Å². The number of aromatic hydroxyl groups is 1. The van der Waals surface area contributed by atoms with Crippen LogP contribution in [0.15, 0.2) is 29.3 Å². The number of rotatable bonds is 4. The van der Waals surface area contributed by atoms with Crippen molar-refractivity contribution in [1.82, 2.24) is 4.98 Å². The number of phenolic OH excluding ortho intramolecular Hbond substituents is 1. The predicted octanol–water partition coefficient (Wildman–Crippen LogP) is 2.43. The number of thioether (sulfide) groups is 1. The number of nitriles is 2. The van der Waals surface area contributed by atoms with E-state index in [2.05, 4.69) is 9.72 Å². The van der Waals surface area contributed by atoms with Crippen LogP contribution in [0.5, 0.6) is 5.75 Å². The van der Waals surface area contributed by atoms with Crippen LogP contribution in [0.3, 0.4) is 0 Å². The minimum absolute atomic E-state index is 0.0378. The normalized spacial score (nSPS) is 11.2. The van der Waals surface area contributed by atoms with E-state index in [-0.39, 0.29) is 27.7 Å². The quantitative estimate of drug-likeness (QED) is 0.632. The van der Waals surface area contributed by atoms with Gasteiger partial charge in [-0.15, -0.1) is 0 Å². The van der Waals surface area contributed by atoms with E-state index in [0.29, 0.717) is 11.1 Å². The lowest BCUT2D eigenvalue weighted by Crippen LogP contribution is -2.15. The Hall–Kier alpha value is -3.23. The minimum Gasteiger partial charge on any atom is -0.508 e. The van der Waals surface area contributed by atoms with Gasteiger partial charge in [0.1, 0.15) is 39.5 Å². The summed E-state index contributed by atoms with van der Waals surface area (Å²) < 4.78 is 4.68. The van der Waals surface area contributed by atoms with Crippen molar-refractivity contribution in [3.8, 4) is 29.0 Å². The van der Waals surface area contributed by atoms with Gasteiger partial charge < -0.3 is 15.6 Å². The molecule has 3 N–H and O–H groups in total. The summed E-state index contributed by atoms with van der Waals surface area (Å²) in [5.74, 6) is -0.453. The molecule has 25 heavy (non-hydrogen) atoms. The zero-order valence-corrected chi connectivity index (χ0v) is 14.3. The van der Waals surface area contributed by atoms with Crippen LogP contribution in [-0.2, 0) is 9.53 Å². The Labute approximate surface area is 148 Å². The van der Waals surface area contributed by atoms with Crippen molar-refractivity contribution in [3.63, 3.8) is 0 Å². The first kappa shape index (κ1) is 18.1. The fraction of sp³-hybridized carbons (Fsp3) is 0.176. The summed E-state index contributed by atoms with van der Waals surface area (Å²) in [4.78, 5) is 15.8. The molecule has 126 valence electrons. The number of nitrogen functional groups attached to an aromatic ring is 1. The van der Waals surface area contributed by atoms with Gasteiger partial charge in [0.05, 0.1) is 12.7 Å². The maximum Gasteiger partial charge on any atom is 0.318 e. The lowest BCUT2D eigenvalue weighted by atomic mass is 9.97. The third kappa shape index (κ3) is 3.65. The molecule has 1 heterocycles. The van der Waals surface area contributed by atoms with Crippen LogP contribution in [-0.4, -0.2) is 28.4 Å². The molecule has 1 unspecified atom stereocenters. The Morgan fingerprint density at radius 1 is 1.28 bits per heavy atom. The number of nitrogens with zero attached hydrogens (tertiary/aromatic N) is 3. The zero-order valence-electron chi connectivity index (χ0n) is 13.5. The van der Waals surface area contributed by atoms with Crippen molar-refractivity contribution in [2.24, 2.45) is 0 Å². The molecular weight excluding hydrogens is 340 g/mol. The molecule has 1 aromatic carbocycles. The van der Waals surface area contributed by atoms with Crippen LogP contribution >= 0.6 is 11.8 Å². The van der Waals surface area contributed by atoms with E-state index < -0.39 is 11.2 Å². The van der Waals surface area contributed by atoms with Gasteiger partial charge in [-0.25, -0.2) is 4.98 Å². The van der Waals surface area contributed by atoms with Crippen molar-refractivity contribution in [1.29, 1.82) is 10.5 Å². The highest BCUT2D eigenvalue weighted by Crippen LogP contribution is 2.37. The highest BCUT2D eigenvalue weighted by molar-refractivity contribution is 8.00. The van der Waals surface area contributed by atoms with Crippen molar-refractivity contribution < 1.29 is 14.6 Å². The maximum atomic E-state index is 11.7. The number of hydrogen-bond acceptors (Lipinski definition) is 8. The van der Waals surface area contributed by atoms with Gasteiger partial charge in [0.2, 0.25) is 0 Å². The number of carbonyl (C=O) groups excluding carboxylic acids is 1. The third-order valence-electron chi connectivity index (χ3n) is 3.39. The molecule has 2 aromatic rings. The lowest BCUT2D eigenvalue weighted by Gasteiger charge is -2.15. The van der Waals surface area contributed by atoms with Gasteiger partial charge in [-0.2, -0.15) is 10.5 Å². The first-order valence-electron chi connectivity index (χ1n) is 7.10. The van der Waals surface area contributed by atoms with Crippen molar-refractivity contribution in [2.75, 3.05) is 12.8 Å². The van der Waals surface area contributed by atoms with E-state index in [4.69, 9.17) is 5.73 Å². The molecule has 2 rings (SSSR count). The maximum absolute atomic E-state index is 11.7. The number of esters is 1. The predicted molar refractivity (Wildman–Crippen MR) is 92.5 cm³/mol. The zero-order chi connectivity index (χ0) is 18.6. The molecule has 0 aliphatic heterocycles. The smallest absolute Gasteiger partial charge is 0.318 e. The summed E-state index contributed by atoms with van der Waals surface area (Å²) in [6.07, 6.45) is 0. The molecular formula is C17H14N4O3S. The molecule has 1 aromatic heterocycles. The number of anilines is 1. The molecule has 1 atom stereocenters. The van der Waals surface area contributed by atoms with E-state index in [1.807, 2.05) is 12.1 Å². The fourth-order valence-corrected chi connectivity index (χ4v) is 3.13. The van der Waals surface area contributed by atoms with E-state index in [1.54, 1.807) is 19.1 Å². The summed E-state index contributed by atoms with van der Waals surface area (Å²) in [6, 6.07) is 10.0. The Morgan fingerprint density at radius 2 is 1.88 bits per heavy atom. The Bertz CT molecular complexity index is 898. The average molecular weight is 354 g/mol. The molecule has 0 saturated heterocycles. The van der Waals surface area contributed by atoms with Gasteiger partial charge in [0.25, 0.3) is 0 Å². The molecule has 8 heteroatoms. The Kier molecular flexibility index (Phi) is 5.48. The number of phenols is 1. The number of ether oxygens (including phenoxy) is 1. The lowest BCUT2D eigenvalue weighted by molar-refractivity contribution is -0.139.